The first-order valence-corrected chi connectivity index (χ1v) is 8.26. The van der Waals surface area contributed by atoms with Gasteiger partial charge in [0.15, 0.2) is 0 Å². The molecular weight excluding hydrogens is 280 g/mol. The van der Waals surface area contributed by atoms with Crippen molar-refractivity contribution in [1.29, 1.82) is 0 Å². The van der Waals surface area contributed by atoms with Crippen LogP contribution in [0, 0.1) is 5.92 Å². The van der Waals surface area contributed by atoms with Crippen LogP contribution in [0.3, 0.4) is 0 Å². The number of nitrogens with zero attached hydrogens (tertiary/aromatic N) is 3. The molecule has 0 spiro atoms. The molecule has 2 heterocycles. The molecule has 0 bridgehead atoms. The Labute approximate surface area is 131 Å². The average molecular weight is 306 g/mol. The molecule has 1 atom stereocenters. The highest BCUT2D eigenvalue weighted by Crippen LogP contribution is 2.30. The quantitative estimate of drug-likeness (QED) is 0.822. The summed E-state index contributed by atoms with van der Waals surface area (Å²) in [5.41, 5.74) is 1.29. The summed E-state index contributed by atoms with van der Waals surface area (Å²) < 4.78 is 6.97. The summed E-state index contributed by atoms with van der Waals surface area (Å²) in [6.45, 7) is 4.04. The lowest BCUT2D eigenvalue weighted by Gasteiger charge is -2.38. The van der Waals surface area contributed by atoms with E-state index in [1.807, 2.05) is 6.20 Å². The fourth-order valence-electron chi connectivity index (χ4n) is 3.42. The minimum absolute atomic E-state index is 0.0506. The first-order chi connectivity index (χ1) is 10.8. The SMILES string of the molecule is COCC(=O)NCC[C@H]1CN(CC2CCC2)Cc2ccnn21. The summed E-state index contributed by atoms with van der Waals surface area (Å²) in [4.78, 5) is 14.0. The number of aromatic nitrogens is 2. The van der Waals surface area contributed by atoms with Crippen molar-refractivity contribution in [2.45, 2.75) is 38.3 Å². The van der Waals surface area contributed by atoms with E-state index in [2.05, 4.69) is 26.1 Å². The van der Waals surface area contributed by atoms with Crippen molar-refractivity contribution in [3.8, 4) is 0 Å². The summed E-state index contributed by atoms with van der Waals surface area (Å²) >= 11 is 0. The number of rotatable bonds is 7. The van der Waals surface area contributed by atoms with E-state index in [0.29, 0.717) is 12.6 Å². The number of hydrogen-bond donors (Lipinski definition) is 1. The van der Waals surface area contributed by atoms with E-state index in [0.717, 1.165) is 25.4 Å². The molecule has 122 valence electrons. The molecule has 0 unspecified atom stereocenters. The zero-order valence-electron chi connectivity index (χ0n) is 13.3. The summed E-state index contributed by atoms with van der Waals surface area (Å²) in [5.74, 6) is 0.835. The van der Waals surface area contributed by atoms with Crippen molar-refractivity contribution in [3.63, 3.8) is 0 Å². The van der Waals surface area contributed by atoms with Crippen LogP contribution in [0.5, 0.6) is 0 Å². The van der Waals surface area contributed by atoms with Gasteiger partial charge in [0.25, 0.3) is 0 Å². The van der Waals surface area contributed by atoms with Crippen LogP contribution >= 0.6 is 0 Å². The van der Waals surface area contributed by atoms with Gasteiger partial charge in [0.1, 0.15) is 6.61 Å². The highest BCUT2D eigenvalue weighted by Gasteiger charge is 2.28. The molecule has 2 aliphatic rings. The van der Waals surface area contributed by atoms with Crippen LogP contribution in [0.15, 0.2) is 12.3 Å². The Bertz CT molecular complexity index is 498. The smallest absolute Gasteiger partial charge is 0.245 e. The van der Waals surface area contributed by atoms with E-state index in [-0.39, 0.29) is 12.5 Å². The molecule has 0 saturated heterocycles. The van der Waals surface area contributed by atoms with Gasteiger partial charge in [0.05, 0.1) is 11.7 Å². The summed E-state index contributed by atoms with van der Waals surface area (Å²) in [6.07, 6.45) is 6.95. The van der Waals surface area contributed by atoms with Crippen molar-refractivity contribution in [2.75, 3.05) is 33.4 Å². The maximum absolute atomic E-state index is 11.5. The van der Waals surface area contributed by atoms with Gasteiger partial charge >= 0.3 is 0 Å². The number of nitrogens with one attached hydrogen (secondary N) is 1. The Morgan fingerprint density at radius 1 is 1.50 bits per heavy atom. The number of ether oxygens (including phenoxy) is 1. The van der Waals surface area contributed by atoms with Crippen LogP contribution < -0.4 is 5.32 Å². The predicted molar refractivity (Wildman–Crippen MR) is 83.4 cm³/mol. The normalized spacial score (nSPS) is 22.1. The standard InChI is InChI=1S/C16H26N4O2/c1-22-12-16(21)17-7-5-14-10-19(9-13-3-2-4-13)11-15-6-8-18-20(14)15/h6,8,13-14H,2-5,7,9-12H2,1H3,(H,17,21)/t14-/m0/s1. The average Bonchev–Trinajstić information content (AvgIpc) is 2.91. The number of amides is 1. The third-order valence-corrected chi connectivity index (χ3v) is 4.77. The van der Waals surface area contributed by atoms with Crippen LogP contribution in [0.4, 0.5) is 0 Å². The molecule has 1 aliphatic heterocycles. The second-order valence-corrected chi connectivity index (χ2v) is 6.48. The maximum Gasteiger partial charge on any atom is 0.245 e. The fraction of sp³-hybridized carbons (Fsp3) is 0.750. The van der Waals surface area contributed by atoms with E-state index < -0.39 is 0 Å². The Hall–Kier alpha value is -1.40. The molecule has 0 radical (unpaired) electrons. The molecule has 0 aromatic carbocycles. The number of methoxy groups -OCH3 is 1. The Morgan fingerprint density at radius 2 is 2.36 bits per heavy atom. The summed E-state index contributed by atoms with van der Waals surface area (Å²) in [6, 6.07) is 2.46. The van der Waals surface area contributed by atoms with Gasteiger partial charge in [0.2, 0.25) is 5.91 Å². The molecule has 1 aromatic heterocycles. The second-order valence-electron chi connectivity index (χ2n) is 6.48. The number of carbonyl (C=O) groups excluding carboxylic acids is 1. The number of hydrogen-bond acceptors (Lipinski definition) is 4. The predicted octanol–water partition coefficient (Wildman–Crippen LogP) is 1.19. The monoisotopic (exact) mass is 306 g/mol. The maximum atomic E-state index is 11.5. The van der Waals surface area contributed by atoms with Crippen molar-refractivity contribution in [3.05, 3.63) is 18.0 Å². The van der Waals surface area contributed by atoms with Crippen LogP contribution in [-0.2, 0) is 16.1 Å². The van der Waals surface area contributed by atoms with Gasteiger partial charge in [-0.3, -0.25) is 14.4 Å². The molecule has 1 saturated carbocycles. The summed E-state index contributed by atoms with van der Waals surface area (Å²) in [7, 11) is 1.54. The Balaban J connectivity index is 1.53. The molecule has 1 amide bonds. The lowest BCUT2D eigenvalue weighted by Crippen LogP contribution is -2.42. The van der Waals surface area contributed by atoms with Crippen molar-refractivity contribution < 1.29 is 9.53 Å². The van der Waals surface area contributed by atoms with Crippen molar-refractivity contribution in [2.24, 2.45) is 5.92 Å². The van der Waals surface area contributed by atoms with E-state index in [9.17, 15) is 4.79 Å². The molecule has 1 fully saturated rings. The minimum Gasteiger partial charge on any atom is -0.375 e. The largest absolute Gasteiger partial charge is 0.375 e. The minimum atomic E-state index is -0.0506. The Kier molecular flexibility index (Phi) is 5.10. The molecule has 22 heavy (non-hydrogen) atoms. The lowest BCUT2D eigenvalue weighted by atomic mass is 9.85. The highest BCUT2D eigenvalue weighted by molar-refractivity contribution is 5.77. The van der Waals surface area contributed by atoms with Crippen molar-refractivity contribution >= 4 is 5.91 Å². The molecule has 3 rings (SSSR count). The van der Waals surface area contributed by atoms with E-state index in [1.54, 1.807) is 0 Å². The third-order valence-electron chi connectivity index (χ3n) is 4.77. The van der Waals surface area contributed by atoms with E-state index >= 15 is 0 Å². The molecule has 6 heteroatoms. The molecule has 1 aromatic rings. The molecule has 6 nitrogen and oxygen atoms in total. The second kappa shape index (κ2) is 7.24. The van der Waals surface area contributed by atoms with E-state index in [4.69, 9.17) is 4.74 Å². The van der Waals surface area contributed by atoms with Crippen LogP contribution in [0.25, 0.3) is 0 Å². The topological polar surface area (TPSA) is 59.4 Å². The number of fused-ring (bicyclic) bond motifs is 1. The number of carbonyl (C=O) groups is 1. The van der Waals surface area contributed by atoms with Gasteiger partial charge in [-0.1, -0.05) is 6.42 Å². The van der Waals surface area contributed by atoms with Crippen LogP contribution in [0.1, 0.15) is 37.4 Å². The van der Waals surface area contributed by atoms with Crippen LogP contribution in [0.2, 0.25) is 0 Å². The first-order valence-electron chi connectivity index (χ1n) is 8.26. The molecule has 1 aliphatic carbocycles. The zero-order chi connectivity index (χ0) is 15.4. The molecular formula is C16H26N4O2. The first kappa shape index (κ1) is 15.5. The summed E-state index contributed by atoms with van der Waals surface area (Å²) in [5, 5.41) is 7.38. The van der Waals surface area contributed by atoms with E-state index in [1.165, 1.54) is 38.6 Å². The van der Waals surface area contributed by atoms with Gasteiger partial charge in [-0.2, -0.15) is 5.10 Å². The fourth-order valence-corrected chi connectivity index (χ4v) is 3.42. The van der Waals surface area contributed by atoms with Gasteiger partial charge in [-0.15, -0.1) is 0 Å². The van der Waals surface area contributed by atoms with Crippen LogP contribution in [-0.4, -0.2) is 53.9 Å². The van der Waals surface area contributed by atoms with Gasteiger partial charge in [-0.25, -0.2) is 0 Å². The third kappa shape index (κ3) is 3.67. The van der Waals surface area contributed by atoms with Crippen molar-refractivity contribution in [1.82, 2.24) is 20.0 Å². The Morgan fingerprint density at radius 3 is 3.09 bits per heavy atom. The highest BCUT2D eigenvalue weighted by atomic mass is 16.5. The zero-order valence-corrected chi connectivity index (χ0v) is 13.3. The van der Waals surface area contributed by atoms with Gasteiger partial charge < -0.3 is 10.1 Å². The lowest BCUT2D eigenvalue weighted by molar-refractivity contribution is -0.124. The molecule has 1 N–H and O–H groups in total. The van der Waals surface area contributed by atoms with Gasteiger partial charge in [0, 0.05) is 39.5 Å². The van der Waals surface area contributed by atoms with Gasteiger partial charge in [-0.05, 0) is 31.2 Å².